The van der Waals surface area contributed by atoms with Gasteiger partial charge in [-0.25, -0.2) is 14.3 Å². The third-order valence-corrected chi connectivity index (χ3v) is 3.76. The summed E-state index contributed by atoms with van der Waals surface area (Å²) < 4.78 is 11.7. The summed E-state index contributed by atoms with van der Waals surface area (Å²) in [7, 11) is 1.59. The molecule has 2 aromatic heterocycles. The molecule has 8 nitrogen and oxygen atoms in total. The van der Waals surface area contributed by atoms with Crippen LogP contribution in [-0.4, -0.2) is 40.2 Å². The first-order valence-corrected chi connectivity index (χ1v) is 7.95. The lowest BCUT2D eigenvalue weighted by molar-refractivity contribution is -0.124. The van der Waals surface area contributed by atoms with Crippen LogP contribution < -0.4 is 10.1 Å². The maximum atomic E-state index is 12.3. The van der Waals surface area contributed by atoms with Gasteiger partial charge in [0.25, 0.3) is 5.91 Å². The molecule has 0 unspecified atom stereocenters. The summed E-state index contributed by atoms with van der Waals surface area (Å²) in [4.78, 5) is 28.3. The number of benzene rings is 1. The summed E-state index contributed by atoms with van der Waals surface area (Å²) in [5, 5.41) is 6.89. The van der Waals surface area contributed by atoms with Crippen molar-refractivity contribution in [1.82, 2.24) is 19.9 Å². The van der Waals surface area contributed by atoms with E-state index in [-0.39, 0.29) is 12.2 Å². The molecule has 1 N–H and O–H groups in total. The zero-order valence-electron chi connectivity index (χ0n) is 14.4. The fraction of sp³-hybridized carbons (Fsp3) is 0.222. The van der Waals surface area contributed by atoms with E-state index in [1.54, 1.807) is 32.5 Å². The molecule has 26 heavy (non-hydrogen) atoms. The van der Waals surface area contributed by atoms with Gasteiger partial charge in [-0.15, -0.1) is 0 Å². The standard InChI is InChI=1S/C18H18N4O4/c1-12-16(17-19-8-3-9-22(17)21-12)18(24)26-11-15(23)20-10-13-4-6-14(25-2)7-5-13/h3-9H,10-11H2,1-2H3,(H,20,23). The van der Waals surface area contributed by atoms with E-state index in [2.05, 4.69) is 15.4 Å². The molecule has 0 aliphatic heterocycles. The average Bonchev–Trinajstić information content (AvgIpc) is 3.00. The topological polar surface area (TPSA) is 94.8 Å². The number of aryl methyl sites for hydroxylation is 1. The Balaban J connectivity index is 1.55. The third-order valence-electron chi connectivity index (χ3n) is 3.76. The monoisotopic (exact) mass is 354 g/mol. The Labute approximate surface area is 149 Å². The summed E-state index contributed by atoms with van der Waals surface area (Å²) in [6.45, 7) is 1.64. The van der Waals surface area contributed by atoms with E-state index in [4.69, 9.17) is 9.47 Å². The molecule has 3 aromatic rings. The first-order valence-electron chi connectivity index (χ1n) is 7.95. The predicted octanol–water partition coefficient (Wildman–Crippen LogP) is 1.52. The molecule has 1 aromatic carbocycles. The Kier molecular flexibility index (Phi) is 5.12. The van der Waals surface area contributed by atoms with Crippen molar-refractivity contribution in [3.8, 4) is 5.75 Å². The second-order valence-electron chi connectivity index (χ2n) is 5.55. The van der Waals surface area contributed by atoms with Crippen molar-refractivity contribution in [2.75, 3.05) is 13.7 Å². The first kappa shape index (κ1) is 17.4. The van der Waals surface area contributed by atoms with Gasteiger partial charge in [-0.2, -0.15) is 5.10 Å². The van der Waals surface area contributed by atoms with Gasteiger partial charge in [0.05, 0.1) is 12.8 Å². The Morgan fingerprint density at radius 1 is 1.23 bits per heavy atom. The lowest BCUT2D eigenvalue weighted by Gasteiger charge is -2.07. The number of amides is 1. The largest absolute Gasteiger partial charge is 0.497 e. The van der Waals surface area contributed by atoms with Crippen molar-refractivity contribution in [2.45, 2.75) is 13.5 Å². The molecular weight excluding hydrogens is 336 g/mol. The van der Waals surface area contributed by atoms with Crippen LogP contribution in [0.3, 0.4) is 0 Å². The van der Waals surface area contributed by atoms with Crippen LogP contribution in [0.5, 0.6) is 5.75 Å². The number of rotatable bonds is 6. The number of nitrogens with zero attached hydrogens (tertiary/aromatic N) is 3. The van der Waals surface area contributed by atoms with Crippen LogP contribution in [0.1, 0.15) is 21.6 Å². The van der Waals surface area contributed by atoms with Crippen LogP contribution >= 0.6 is 0 Å². The molecule has 0 saturated heterocycles. The summed E-state index contributed by atoms with van der Waals surface area (Å²) >= 11 is 0. The van der Waals surface area contributed by atoms with Gasteiger partial charge in [-0.1, -0.05) is 12.1 Å². The minimum absolute atomic E-state index is 0.258. The molecule has 0 atom stereocenters. The Bertz CT molecular complexity index is 934. The highest BCUT2D eigenvalue weighted by atomic mass is 16.5. The highest BCUT2D eigenvalue weighted by Gasteiger charge is 2.20. The zero-order valence-corrected chi connectivity index (χ0v) is 14.4. The highest BCUT2D eigenvalue weighted by Crippen LogP contribution is 2.14. The van der Waals surface area contributed by atoms with E-state index >= 15 is 0 Å². The average molecular weight is 354 g/mol. The molecule has 1 amide bonds. The number of fused-ring (bicyclic) bond motifs is 1. The van der Waals surface area contributed by atoms with E-state index in [9.17, 15) is 9.59 Å². The minimum Gasteiger partial charge on any atom is -0.497 e. The van der Waals surface area contributed by atoms with E-state index in [0.29, 0.717) is 17.9 Å². The maximum absolute atomic E-state index is 12.3. The number of carbonyl (C=O) groups excluding carboxylic acids is 2. The van der Waals surface area contributed by atoms with Crippen molar-refractivity contribution in [1.29, 1.82) is 0 Å². The number of carbonyl (C=O) groups is 2. The summed E-state index contributed by atoms with van der Waals surface area (Å²) in [6.07, 6.45) is 3.25. The number of ether oxygens (including phenoxy) is 2. The highest BCUT2D eigenvalue weighted by molar-refractivity contribution is 5.98. The number of esters is 1. The molecule has 0 aliphatic rings. The van der Waals surface area contributed by atoms with Crippen molar-refractivity contribution in [3.63, 3.8) is 0 Å². The van der Waals surface area contributed by atoms with Gasteiger partial charge in [0.15, 0.2) is 12.3 Å². The number of nitrogens with one attached hydrogen (secondary N) is 1. The normalized spacial score (nSPS) is 10.5. The molecule has 134 valence electrons. The van der Waals surface area contributed by atoms with E-state index < -0.39 is 11.9 Å². The first-order chi connectivity index (χ1) is 12.6. The number of methoxy groups -OCH3 is 1. The molecular formula is C18H18N4O4. The van der Waals surface area contributed by atoms with Crippen molar-refractivity contribution in [2.24, 2.45) is 0 Å². The van der Waals surface area contributed by atoms with Crippen molar-refractivity contribution < 1.29 is 19.1 Å². The number of hydrogen-bond donors (Lipinski definition) is 1. The van der Waals surface area contributed by atoms with E-state index in [0.717, 1.165) is 11.3 Å². The van der Waals surface area contributed by atoms with Crippen molar-refractivity contribution >= 4 is 17.5 Å². The Morgan fingerprint density at radius 2 is 2.00 bits per heavy atom. The fourth-order valence-electron chi connectivity index (χ4n) is 2.43. The van der Waals surface area contributed by atoms with E-state index in [1.165, 1.54) is 4.52 Å². The summed E-state index contributed by atoms with van der Waals surface area (Å²) in [5.74, 6) is -0.279. The maximum Gasteiger partial charge on any atom is 0.344 e. The quantitative estimate of drug-likeness (QED) is 0.675. The Hall–Kier alpha value is -3.42. The predicted molar refractivity (Wildman–Crippen MR) is 92.8 cm³/mol. The molecule has 0 bridgehead atoms. The van der Waals surface area contributed by atoms with Gasteiger partial charge < -0.3 is 14.8 Å². The zero-order chi connectivity index (χ0) is 18.5. The molecule has 0 aliphatic carbocycles. The molecule has 0 saturated carbocycles. The van der Waals surface area contributed by atoms with Gasteiger partial charge in [0, 0.05) is 18.9 Å². The van der Waals surface area contributed by atoms with Gasteiger partial charge in [-0.05, 0) is 30.7 Å². The van der Waals surface area contributed by atoms with Gasteiger partial charge >= 0.3 is 5.97 Å². The molecule has 2 heterocycles. The molecule has 0 fully saturated rings. The van der Waals surface area contributed by atoms with Crippen LogP contribution in [0.15, 0.2) is 42.7 Å². The fourth-order valence-corrected chi connectivity index (χ4v) is 2.43. The SMILES string of the molecule is COc1ccc(CNC(=O)COC(=O)c2c(C)nn3cccnc23)cc1. The minimum atomic E-state index is -0.629. The second-order valence-corrected chi connectivity index (χ2v) is 5.55. The smallest absolute Gasteiger partial charge is 0.344 e. The summed E-state index contributed by atoms with van der Waals surface area (Å²) in [6, 6.07) is 9.02. The second kappa shape index (κ2) is 7.64. The van der Waals surface area contributed by atoms with Gasteiger partial charge in [0.2, 0.25) is 0 Å². The molecule has 0 radical (unpaired) electrons. The van der Waals surface area contributed by atoms with Crippen molar-refractivity contribution in [3.05, 3.63) is 59.5 Å². The van der Waals surface area contributed by atoms with E-state index in [1.807, 2.05) is 24.3 Å². The molecule has 8 heteroatoms. The lowest BCUT2D eigenvalue weighted by atomic mass is 10.2. The van der Waals surface area contributed by atoms with Crippen LogP contribution in [-0.2, 0) is 16.1 Å². The molecule has 0 spiro atoms. The molecule has 3 rings (SSSR count). The van der Waals surface area contributed by atoms with Crippen LogP contribution in [0.25, 0.3) is 5.65 Å². The van der Waals surface area contributed by atoms with Crippen LogP contribution in [0.2, 0.25) is 0 Å². The third kappa shape index (κ3) is 3.80. The summed E-state index contributed by atoms with van der Waals surface area (Å²) in [5.41, 5.74) is 2.06. The van der Waals surface area contributed by atoms with Crippen LogP contribution in [0.4, 0.5) is 0 Å². The number of aromatic nitrogens is 3. The van der Waals surface area contributed by atoms with Crippen LogP contribution in [0, 0.1) is 6.92 Å². The Morgan fingerprint density at radius 3 is 2.73 bits per heavy atom. The number of hydrogen-bond acceptors (Lipinski definition) is 6. The lowest BCUT2D eigenvalue weighted by Crippen LogP contribution is -2.28. The van der Waals surface area contributed by atoms with Gasteiger partial charge in [-0.3, -0.25) is 4.79 Å². The van der Waals surface area contributed by atoms with Gasteiger partial charge in [0.1, 0.15) is 11.3 Å².